The number of nitrogens with zero attached hydrogens (tertiary/aromatic N) is 2. The van der Waals surface area contributed by atoms with E-state index in [0.717, 1.165) is 39.0 Å². The summed E-state index contributed by atoms with van der Waals surface area (Å²) in [7, 11) is 3.40. The van der Waals surface area contributed by atoms with E-state index < -0.39 is 0 Å². The van der Waals surface area contributed by atoms with Gasteiger partial charge in [-0.3, -0.25) is 9.98 Å². The van der Waals surface area contributed by atoms with Crippen LogP contribution in [0.15, 0.2) is 21.6 Å². The number of hydrogen-bond donors (Lipinski definition) is 1. The number of allylic oxidation sites excluding steroid dienone is 1. The van der Waals surface area contributed by atoms with E-state index >= 15 is 0 Å². The van der Waals surface area contributed by atoms with Crippen LogP contribution >= 0.6 is 0 Å². The standard InChI is InChI=1S/C25H43N3O5/c1-17(2)8-9-21-24(5,33-21)23-22(30-7)20(10-11-25(23)16-31-25)32-19(4)28-15-13-26-12-14-27-18(3)29-6/h8,20-23,26H,9-16H2,1-7H3. The Kier molecular flexibility index (Phi) is 8.95. The fourth-order valence-electron chi connectivity index (χ4n) is 5.10. The number of epoxide rings is 2. The molecule has 1 aliphatic carbocycles. The second kappa shape index (κ2) is 11.3. The van der Waals surface area contributed by atoms with Crippen LogP contribution in [0.4, 0.5) is 0 Å². The summed E-state index contributed by atoms with van der Waals surface area (Å²) in [5, 5.41) is 3.33. The van der Waals surface area contributed by atoms with Gasteiger partial charge in [-0.25, -0.2) is 0 Å². The third-order valence-electron chi connectivity index (χ3n) is 7.10. The maximum Gasteiger partial charge on any atom is 0.180 e. The topological polar surface area (TPSA) is 89.5 Å². The van der Waals surface area contributed by atoms with Crippen molar-refractivity contribution in [1.29, 1.82) is 0 Å². The van der Waals surface area contributed by atoms with Crippen LogP contribution in [0, 0.1) is 5.92 Å². The van der Waals surface area contributed by atoms with Crippen LogP contribution in [0.2, 0.25) is 0 Å². The Morgan fingerprint density at radius 1 is 1.09 bits per heavy atom. The number of ether oxygens (including phenoxy) is 5. The van der Waals surface area contributed by atoms with Crippen molar-refractivity contribution in [1.82, 2.24) is 5.32 Å². The molecule has 0 radical (unpaired) electrons. The van der Waals surface area contributed by atoms with E-state index in [2.05, 4.69) is 42.1 Å². The molecular formula is C25H43N3O5. The van der Waals surface area contributed by atoms with Gasteiger partial charge in [0.25, 0.3) is 0 Å². The summed E-state index contributed by atoms with van der Waals surface area (Å²) in [4.78, 5) is 8.88. The zero-order valence-electron chi connectivity index (χ0n) is 21.5. The highest BCUT2D eigenvalue weighted by atomic mass is 16.6. The second-order valence-electron chi connectivity index (χ2n) is 9.79. The van der Waals surface area contributed by atoms with Crippen molar-refractivity contribution in [2.45, 2.75) is 83.4 Å². The second-order valence-corrected chi connectivity index (χ2v) is 9.79. The predicted octanol–water partition coefficient (Wildman–Crippen LogP) is 3.15. The lowest BCUT2D eigenvalue weighted by atomic mass is 9.68. The van der Waals surface area contributed by atoms with Gasteiger partial charge in [0.1, 0.15) is 23.4 Å². The number of nitrogens with one attached hydrogen (secondary N) is 1. The molecule has 2 saturated heterocycles. The Bertz CT molecular complexity index is 744. The number of aliphatic imine (C=N–C) groups is 2. The molecule has 2 aliphatic heterocycles. The van der Waals surface area contributed by atoms with Gasteiger partial charge in [0.2, 0.25) is 0 Å². The molecule has 6 atom stereocenters. The van der Waals surface area contributed by atoms with Gasteiger partial charge in [-0.2, -0.15) is 0 Å². The van der Waals surface area contributed by atoms with Gasteiger partial charge in [-0.15, -0.1) is 0 Å². The van der Waals surface area contributed by atoms with Crippen molar-refractivity contribution in [2.75, 3.05) is 47.0 Å². The quantitative estimate of drug-likeness (QED) is 0.166. The van der Waals surface area contributed by atoms with Gasteiger partial charge < -0.3 is 29.0 Å². The molecule has 0 aromatic rings. The van der Waals surface area contributed by atoms with Gasteiger partial charge in [-0.05, 0) is 40.0 Å². The Balaban J connectivity index is 1.52. The SMILES string of the molecule is COC(C)=NCCNCCN=C(C)OC1CCC2(CO2)C(C2(C)OC2CC=C(C)C)C1OC. The molecule has 1 spiro atoms. The molecule has 0 aromatic heterocycles. The first-order chi connectivity index (χ1) is 15.8. The van der Waals surface area contributed by atoms with E-state index in [0.29, 0.717) is 24.9 Å². The minimum atomic E-state index is -0.246. The molecule has 0 aromatic carbocycles. The summed E-state index contributed by atoms with van der Waals surface area (Å²) in [6.45, 7) is 13.9. The van der Waals surface area contributed by atoms with Crippen LogP contribution in [-0.4, -0.2) is 88.3 Å². The third-order valence-corrected chi connectivity index (χ3v) is 7.10. The summed E-state index contributed by atoms with van der Waals surface area (Å²) >= 11 is 0. The molecule has 3 fully saturated rings. The molecule has 8 heteroatoms. The molecule has 33 heavy (non-hydrogen) atoms. The fourth-order valence-corrected chi connectivity index (χ4v) is 5.10. The minimum absolute atomic E-state index is 0.0528. The van der Waals surface area contributed by atoms with E-state index in [1.54, 1.807) is 14.2 Å². The molecule has 1 saturated carbocycles. The molecule has 0 amide bonds. The molecule has 3 aliphatic rings. The summed E-state index contributed by atoms with van der Waals surface area (Å²) in [6, 6.07) is 0. The number of methoxy groups -OCH3 is 2. The van der Waals surface area contributed by atoms with Gasteiger partial charge in [0.05, 0.1) is 38.8 Å². The maximum atomic E-state index is 6.31. The highest BCUT2D eigenvalue weighted by Crippen LogP contribution is 2.59. The van der Waals surface area contributed by atoms with Crippen LogP contribution in [-0.2, 0) is 23.7 Å². The largest absolute Gasteiger partial charge is 0.484 e. The normalized spacial score (nSPS) is 36.0. The highest BCUT2D eigenvalue weighted by Gasteiger charge is 2.72. The van der Waals surface area contributed by atoms with Crippen molar-refractivity contribution < 1.29 is 23.7 Å². The van der Waals surface area contributed by atoms with Gasteiger partial charge in [0, 0.05) is 34.0 Å². The molecule has 3 rings (SSSR count). The van der Waals surface area contributed by atoms with Gasteiger partial charge >= 0.3 is 0 Å². The zero-order chi connectivity index (χ0) is 24.1. The van der Waals surface area contributed by atoms with E-state index in [-0.39, 0.29) is 35.4 Å². The Morgan fingerprint density at radius 2 is 1.76 bits per heavy atom. The van der Waals surface area contributed by atoms with Crippen LogP contribution in [0.5, 0.6) is 0 Å². The van der Waals surface area contributed by atoms with Gasteiger partial charge in [0.15, 0.2) is 11.8 Å². The van der Waals surface area contributed by atoms with E-state index in [1.807, 2.05) is 13.8 Å². The Labute approximate surface area is 199 Å². The van der Waals surface area contributed by atoms with E-state index in [9.17, 15) is 0 Å². The Hall–Kier alpha value is -1.48. The van der Waals surface area contributed by atoms with E-state index in [4.69, 9.17) is 23.7 Å². The third kappa shape index (κ3) is 6.56. The highest BCUT2D eigenvalue weighted by molar-refractivity contribution is 5.73. The maximum absolute atomic E-state index is 6.31. The molecule has 188 valence electrons. The lowest BCUT2D eigenvalue weighted by Crippen LogP contribution is -2.55. The van der Waals surface area contributed by atoms with Crippen molar-refractivity contribution in [3.8, 4) is 0 Å². The first kappa shape index (κ1) is 26.1. The average molecular weight is 466 g/mol. The molecule has 0 bridgehead atoms. The van der Waals surface area contributed by atoms with Crippen molar-refractivity contribution in [3.05, 3.63) is 11.6 Å². The first-order valence-electron chi connectivity index (χ1n) is 12.2. The van der Waals surface area contributed by atoms with Crippen LogP contribution in [0.25, 0.3) is 0 Å². The number of hydrogen-bond acceptors (Lipinski definition) is 8. The van der Waals surface area contributed by atoms with Gasteiger partial charge in [-0.1, -0.05) is 11.6 Å². The average Bonchev–Trinajstić information content (AvgIpc) is 3.69. The molecule has 2 heterocycles. The zero-order valence-corrected chi connectivity index (χ0v) is 21.5. The smallest absolute Gasteiger partial charge is 0.180 e. The van der Waals surface area contributed by atoms with Crippen molar-refractivity contribution >= 4 is 11.8 Å². The molecule has 1 N–H and O–H groups in total. The van der Waals surface area contributed by atoms with E-state index in [1.165, 1.54) is 5.57 Å². The molecule has 6 unspecified atom stereocenters. The predicted molar refractivity (Wildman–Crippen MR) is 130 cm³/mol. The Morgan fingerprint density at radius 3 is 2.33 bits per heavy atom. The molecule has 8 nitrogen and oxygen atoms in total. The molecular weight excluding hydrogens is 422 g/mol. The van der Waals surface area contributed by atoms with Crippen LogP contribution < -0.4 is 5.32 Å². The first-order valence-corrected chi connectivity index (χ1v) is 12.2. The summed E-state index contributed by atoms with van der Waals surface area (Å²) in [5.41, 5.74) is 0.940. The summed E-state index contributed by atoms with van der Waals surface area (Å²) in [5.74, 6) is 1.55. The van der Waals surface area contributed by atoms with Crippen LogP contribution in [0.1, 0.15) is 53.9 Å². The van der Waals surface area contributed by atoms with Crippen LogP contribution in [0.3, 0.4) is 0 Å². The van der Waals surface area contributed by atoms with Crippen molar-refractivity contribution in [2.24, 2.45) is 15.9 Å². The summed E-state index contributed by atoms with van der Waals surface area (Å²) < 4.78 is 29.7. The monoisotopic (exact) mass is 465 g/mol. The lowest BCUT2D eigenvalue weighted by molar-refractivity contribution is -0.111. The fraction of sp³-hybridized carbons (Fsp3) is 0.840. The summed E-state index contributed by atoms with van der Waals surface area (Å²) in [6.07, 6.45) is 5.10. The number of rotatable bonds is 11. The van der Waals surface area contributed by atoms with Crippen molar-refractivity contribution in [3.63, 3.8) is 0 Å². The lowest BCUT2D eigenvalue weighted by Gasteiger charge is -2.43. The minimum Gasteiger partial charge on any atom is -0.484 e.